The Labute approximate surface area is 117 Å². The molecule has 2 heterocycles. The van der Waals surface area contributed by atoms with Crippen LogP contribution in [0.2, 0.25) is 0 Å². The van der Waals surface area contributed by atoms with Crippen molar-refractivity contribution in [3.8, 4) is 10.6 Å². The molecule has 0 atom stereocenters. The first-order valence-corrected chi connectivity index (χ1v) is 7.18. The van der Waals surface area contributed by atoms with Crippen molar-refractivity contribution in [2.75, 3.05) is 5.32 Å². The Morgan fingerprint density at radius 1 is 1.21 bits per heavy atom. The van der Waals surface area contributed by atoms with E-state index in [1.54, 1.807) is 29.7 Å². The number of rotatable bonds is 4. The summed E-state index contributed by atoms with van der Waals surface area (Å²) < 4.78 is 16.6. The van der Waals surface area contributed by atoms with E-state index in [2.05, 4.69) is 19.9 Å². The Hall–Kier alpha value is -1.86. The number of benzene rings is 1. The monoisotopic (exact) mass is 292 g/mol. The molecule has 1 aromatic carbocycles. The van der Waals surface area contributed by atoms with Gasteiger partial charge in [0.1, 0.15) is 15.8 Å². The van der Waals surface area contributed by atoms with Gasteiger partial charge in [-0.05, 0) is 24.3 Å². The molecule has 3 aromatic rings. The van der Waals surface area contributed by atoms with Gasteiger partial charge in [0.2, 0.25) is 0 Å². The van der Waals surface area contributed by atoms with Gasteiger partial charge in [0.15, 0.2) is 0 Å². The summed E-state index contributed by atoms with van der Waals surface area (Å²) in [5.74, 6) is -0.236. The molecule has 2 aromatic heterocycles. The van der Waals surface area contributed by atoms with E-state index in [0.717, 1.165) is 21.3 Å². The fourth-order valence-electron chi connectivity index (χ4n) is 1.54. The van der Waals surface area contributed by atoms with Gasteiger partial charge in [0.05, 0.1) is 18.4 Å². The van der Waals surface area contributed by atoms with Crippen molar-refractivity contribution in [2.24, 2.45) is 0 Å². The van der Waals surface area contributed by atoms with Gasteiger partial charge in [0, 0.05) is 22.5 Å². The summed E-state index contributed by atoms with van der Waals surface area (Å²) in [5.41, 5.74) is 1.87. The van der Waals surface area contributed by atoms with Crippen LogP contribution in [0, 0.1) is 5.82 Å². The predicted octanol–water partition coefficient (Wildman–Crippen LogP) is 3.41. The fourth-order valence-corrected chi connectivity index (χ4v) is 2.78. The van der Waals surface area contributed by atoms with Crippen molar-refractivity contribution in [2.45, 2.75) is 6.54 Å². The molecule has 96 valence electrons. The second kappa shape index (κ2) is 5.41. The van der Waals surface area contributed by atoms with Crippen LogP contribution in [-0.2, 0) is 6.54 Å². The Bertz CT molecular complexity index is 649. The zero-order chi connectivity index (χ0) is 13.1. The third kappa shape index (κ3) is 2.94. The average molecular weight is 292 g/mol. The zero-order valence-electron chi connectivity index (χ0n) is 9.71. The van der Waals surface area contributed by atoms with E-state index in [-0.39, 0.29) is 5.82 Å². The zero-order valence-corrected chi connectivity index (χ0v) is 11.3. The summed E-state index contributed by atoms with van der Waals surface area (Å²) in [5, 5.41) is 10.7. The smallest absolute Gasteiger partial charge is 0.130 e. The molecule has 0 saturated heterocycles. The molecule has 3 rings (SSSR count). The number of hydrogen-bond donors (Lipinski definition) is 1. The molecule has 0 saturated carbocycles. The topological polar surface area (TPSA) is 50.7 Å². The Balaban J connectivity index is 1.70. The minimum Gasteiger partial charge on any atom is -0.369 e. The number of hydrogen-bond acceptors (Lipinski definition) is 6. The molecule has 0 unspecified atom stereocenters. The number of thiazole rings is 1. The normalized spacial score (nSPS) is 10.6. The molecule has 0 radical (unpaired) electrons. The first kappa shape index (κ1) is 12.2. The van der Waals surface area contributed by atoms with Crippen LogP contribution in [0.15, 0.2) is 35.8 Å². The quantitative estimate of drug-likeness (QED) is 0.800. The highest BCUT2D eigenvalue weighted by molar-refractivity contribution is 7.13. The molecule has 0 aliphatic rings. The molecule has 0 bridgehead atoms. The average Bonchev–Trinajstić information content (AvgIpc) is 3.09. The summed E-state index contributed by atoms with van der Waals surface area (Å²) in [6.07, 6.45) is 1.68. The maximum atomic E-state index is 12.8. The summed E-state index contributed by atoms with van der Waals surface area (Å²) in [7, 11) is 0. The molecule has 0 aliphatic heterocycles. The first-order valence-electron chi connectivity index (χ1n) is 5.53. The van der Waals surface area contributed by atoms with Gasteiger partial charge in [-0.1, -0.05) is 4.49 Å². The molecule has 0 spiro atoms. The second-order valence-electron chi connectivity index (χ2n) is 3.79. The van der Waals surface area contributed by atoms with Crippen LogP contribution < -0.4 is 5.32 Å². The van der Waals surface area contributed by atoms with Gasteiger partial charge in [-0.2, -0.15) is 0 Å². The lowest BCUT2D eigenvalue weighted by molar-refractivity contribution is 0.628. The molecular weight excluding hydrogens is 283 g/mol. The lowest BCUT2D eigenvalue weighted by atomic mass is 10.2. The van der Waals surface area contributed by atoms with Crippen LogP contribution in [0.3, 0.4) is 0 Å². The van der Waals surface area contributed by atoms with Crippen molar-refractivity contribution in [1.29, 1.82) is 0 Å². The summed E-state index contributed by atoms with van der Waals surface area (Å²) in [4.78, 5) is 4.51. The van der Waals surface area contributed by atoms with E-state index >= 15 is 0 Å². The predicted molar refractivity (Wildman–Crippen MR) is 74.7 cm³/mol. The number of aromatic nitrogens is 3. The van der Waals surface area contributed by atoms with E-state index in [1.807, 2.05) is 5.38 Å². The van der Waals surface area contributed by atoms with E-state index in [9.17, 15) is 4.39 Å². The van der Waals surface area contributed by atoms with Crippen molar-refractivity contribution < 1.29 is 4.39 Å². The van der Waals surface area contributed by atoms with Gasteiger partial charge in [-0.25, -0.2) is 9.37 Å². The minimum absolute atomic E-state index is 0.236. The molecule has 0 amide bonds. The highest BCUT2D eigenvalue weighted by atomic mass is 32.1. The van der Waals surface area contributed by atoms with E-state index in [4.69, 9.17) is 0 Å². The molecular formula is C12H9FN4S2. The number of nitrogens with zero attached hydrogens (tertiary/aromatic N) is 3. The van der Waals surface area contributed by atoms with Crippen molar-refractivity contribution >= 4 is 27.9 Å². The van der Waals surface area contributed by atoms with Crippen LogP contribution >= 0.6 is 22.9 Å². The molecule has 19 heavy (non-hydrogen) atoms. The van der Waals surface area contributed by atoms with Gasteiger partial charge in [-0.3, -0.25) is 0 Å². The van der Waals surface area contributed by atoms with Gasteiger partial charge < -0.3 is 5.32 Å². The molecule has 7 heteroatoms. The third-order valence-electron chi connectivity index (χ3n) is 2.45. The first-order chi connectivity index (χ1) is 9.31. The fraction of sp³-hybridized carbons (Fsp3) is 0.0833. The van der Waals surface area contributed by atoms with Gasteiger partial charge in [0.25, 0.3) is 0 Å². The number of anilines is 1. The molecule has 1 N–H and O–H groups in total. The highest BCUT2D eigenvalue weighted by Gasteiger charge is 2.05. The van der Waals surface area contributed by atoms with Crippen LogP contribution in [0.25, 0.3) is 10.6 Å². The summed E-state index contributed by atoms with van der Waals surface area (Å²) >= 11 is 2.85. The van der Waals surface area contributed by atoms with Crippen LogP contribution in [0.5, 0.6) is 0 Å². The Morgan fingerprint density at radius 2 is 2.05 bits per heavy atom. The standard InChI is InChI=1S/C12H9FN4S2/c13-9-3-1-8(2-4-9)12-16-10(7-18-12)5-14-11-6-15-17-19-11/h1-4,6-7,14H,5H2. The molecule has 4 nitrogen and oxygen atoms in total. The van der Waals surface area contributed by atoms with Crippen molar-refractivity contribution in [1.82, 2.24) is 14.6 Å². The van der Waals surface area contributed by atoms with Crippen LogP contribution in [0.4, 0.5) is 9.39 Å². The van der Waals surface area contributed by atoms with E-state index < -0.39 is 0 Å². The van der Waals surface area contributed by atoms with E-state index in [1.165, 1.54) is 23.7 Å². The largest absolute Gasteiger partial charge is 0.369 e. The molecule has 0 fully saturated rings. The lowest BCUT2D eigenvalue weighted by Gasteiger charge is -1.98. The Morgan fingerprint density at radius 3 is 2.79 bits per heavy atom. The number of halogens is 1. The maximum absolute atomic E-state index is 12.8. The molecule has 0 aliphatic carbocycles. The second-order valence-corrected chi connectivity index (χ2v) is 5.43. The SMILES string of the molecule is Fc1ccc(-c2nc(CNc3cnns3)cs2)cc1. The number of nitrogens with one attached hydrogen (secondary N) is 1. The van der Waals surface area contributed by atoms with Crippen LogP contribution in [-0.4, -0.2) is 14.6 Å². The lowest BCUT2D eigenvalue weighted by Crippen LogP contribution is -1.97. The van der Waals surface area contributed by atoms with Gasteiger partial charge in [-0.15, -0.1) is 16.4 Å². The highest BCUT2D eigenvalue weighted by Crippen LogP contribution is 2.24. The summed E-state index contributed by atoms with van der Waals surface area (Å²) in [6, 6.07) is 6.35. The van der Waals surface area contributed by atoms with Gasteiger partial charge >= 0.3 is 0 Å². The Kier molecular flexibility index (Phi) is 3.47. The van der Waals surface area contributed by atoms with Crippen molar-refractivity contribution in [3.05, 3.63) is 47.4 Å². The van der Waals surface area contributed by atoms with Crippen molar-refractivity contribution in [3.63, 3.8) is 0 Å². The van der Waals surface area contributed by atoms with E-state index in [0.29, 0.717) is 6.54 Å². The summed E-state index contributed by atoms with van der Waals surface area (Å²) in [6.45, 7) is 0.627. The minimum atomic E-state index is -0.236. The third-order valence-corrected chi connectivity index (χ3v) is 4.01. The van der Waals surface area contributed by atoms with Crippen LogP contribution in [0.1, 0.15) is 5.69 Å². The maximum Gasteiger partial charge on any atom is 0.130 e.